The highest BCUT2D eigenvalue weighted by Gasteiger charge is 2.32. The lowest BCUT2D eigenvalue weighted by Crippen LogP contribution is -2.09. The molecule has 84 heavy (non-hydrogen) atoms. The molecule has 0 fully saturated rings. The van der Waals surface area contributed by atoms with E-state index < -0.39 is 0 Å². The number of furan rings is 2. The molecule has 0 spiro atoms. The molecule has 0 N–H and O–H groups in total. The molecule has 0 radical (unpaired) electrons. The van der Waals surface area contributed by atoms with Crippen molar-refractivity contribution < 1.29 is 8.83 Å². The van der Waals surface area contributed by atoms with E-state index in [4.69, 9.17) is 23.8 Å². The number of rotatable bonds is 8. The molecule has 12 aromatic carbocycles. The number of aromatic nitrogens is 5. The molecule has 0 bridgehead atoms. The predicted molar refractivity (Wildman–Crippen MR) is 342 cm³/mol. The van der Waals surface area contributed by atoms with Crippen LogP contribution in [0.1, 0.15) is 0 Å². The Labute approximate surface area is 480 Å². The Balaban J connectivity index is 1.10. The summed E-state index contributed by atoms with van der Waals surface area (Å²) in [4.78, 5) is 20.7. The minimum Gasteiger partial charge on any atom is -0.455 e. The van der Waals surface area contributed by atoms with Crippen molar-refractivity contribution in [1.29, 1.82) is 0 Å². The predicted octanol–water partition coefficient (Wildman–Crippen LogP) is 20.4. The van der Waals surface area contributed by atoms with E-state index in [9.17, 15) is 6.57 Å². The summed E-state index contributed by atoms with van der Waals surface area (Å²) in [6, 6.07) is 92.3. The van der Waals surface area contributed by atoms with Crippen molar-refractivity contribution in [3.05, 3.63) is 278 Å². The first kappa shape index (κ1) is 47.2. The topological polar surface area (TPSA) is 79.2 Å². The zero-order valence-corrected chi connectivity index (χ0v) is 44.9. The van der Waals surface area contributed by atoms with Gasteiger partial charge in [0.1, 0.15) is 22.3 Å². The van der Waals surface area contributed by atoms with Crippen molar-refractivity contribution >= 4 is 93.2 Å². The van der Waals surface area contributed by atoms with Crippen LogP contribution in [0.3, 0.4) is 0 Å². The quantitative estimate of drug-likeness (QED) is 0.142. The molecule has 0 aliphatic carbocycles. The lowest BCUT2D eigenvalue weighted by Gasteiger charge is -2.25. The average Bonchev–Trinajstić information content (AvgIpc) is 2.08. The lowest BCUT2D eigenvalue weighted by atomic mass is 9.93. The van der Waals surface area contributed by atoms with E-state index in [0.717, 1.165) is 138 Å². The second-order valence-corrected chi connectivity index (χ2v) is 21.3. The second-order valence-electron chi connectivity index (χ2n) is 21.3. The van der Waals surface area contributed by atoms with E-state index in [2.05, 4.69) is 178 Å². The van der Waals surface area contributed by atoms with Crippen LogP contribution in [0.2, 0.25) is 0 Å². The van der Waals surface area contributed by atoms with Crippen LogP contribution in [0.5, 0.6) is 0 Å². The molecule has 8 heteroatoms. The number of fused-ring (bicyclic) bond motifs is 14. The van der Waals surface area contributed by atoms with Gasteiger partial charge in [-0.15, -0.1) is 0 Å². The van der Waals surface area contributed by atoms with Crippen molar-refractivity contribution in [3.8, 4) is 78.9 Å². The van der Waals surface area contributed by atoms with Crippen molar-refractivity contribution in [2.45, 2.75) is 0 Å². The second kappa shape index (κ2) is 18.7. The fourth-order valence-electron chi connectivity index (χ4n) is 12.8. The highest BCUT2D eigenvalue weighted by atomic mass is 16.3. The van der Waals surface area contributed by atoms with Gasteiger partial charge in [-0.05, 0) is 94.5 Å². The highest BCUT2D eigenvalue weighted by Crippen LogP contribution is 2.52. The largest absolute Gasteiger partial charge is 0.455 e. The summed E-state index contributed by atoms with van der Waals surface area (Å²) in [6.07, 6.45) is 0. The van der Waals surface area contributed by atoms with Crippen molar-refractivity contribution in [2.24, 2.45) is 0 Å². The van der Waals surface area contributed by atoms with Crippen molar-refractivity contribution in [3.63, 3.8) is 0 Å². The first-order valence-electron chi connectivity index (χ1n) is 28.0. The summed E-state index contributed by atoms with van der Waals surface area (Å²) >= 11 is 0. The molecule has 5 aromatic heterocycles. The highest BCUT2D eigenvalue weighted by molar-refractivity contribution is 6.27. The molecule has 0 unspecified atom stereocenters. The molecule has 0 saturated carbocycles. The number of hydrogen-bond acceptors (Lipinski definition) is 5. The molecule has 5 heterocycles. The van der Waals surface area contributed by atoms with Gasteiger partial charge in [-0.2, -0.15) is 0 Å². The molecule has 0 saturated heterocycles. The summed E-state index contributed by atoms with van der Waals surface area (Å²) in [5, 5.41) is 7.97. The fourth-order valence-corrected chi connectivity index (χ4v) is 12.8. The van der Waals surface area contributed by atoms with Crippen LogP contribution in [0.15, 0.2) is 276 Å². The van der Waals surface area contributed by atoms with Crippen LogP contribution >= 0.6 is 0 Å². The Morgan fingerprint density at radius 1 is 0.310 bits per heavy atom. The number of hydrogen-bond donors (Lipinski definition) is 0. The van der Waals surface area contributed by atoms with E-state index in [-0.39, 0.29) is 0 Å². The summed E-state index contributed by atoms with van der Waals surface area (Å²) in [5.41, 5.74) is 16.9. The Bertz CT molecular complexity index is 5490. The molecule has 0 atom stereocenters. The van der Waals surface area contributed by atoms with E-state index in [1.54, 1.807) is 0 Å². The van der Waals surface area contributed by atoms with Gasteiger partial charge >= 0.3 is 0 Å². The minimum atomic E-state index is 0.388. The first-order chi connectivity index (χ1) is 41.6. The molecule has 390 valence electrons. The third-order valence-electron chi connectivity index (χ3n) is 16.6. The summed E-state index contributed by atoms with van der Waals surface area (Å²) < 4.78 is 18.7. The van der Waals surface area contributed by atoms with Crippen LogP contribution < -0.4 is 0 Å². The smallest absolute Gasteiger partial charge is 0.213 e. The Morgan fingerprint density at radius 2 is 0.702 bits per heavy atom. The number of para-hydroxylation sites is 2. The Kier molecular flexibility index (Phi) is 10.5. The van der Waals surface area contributed by atoms with E-state index in [0.29, 0.717) is 34.4 Å². The van der Waals surface area contributed by atoms with Crippen LogP contribution in [-0.4, -0.2) is 24.1 Å². The van der Waals surface area contributed by atoms with Gasteiger partial charge in [-0.3, -0.25) is 0 Å². The average molecular weight is 1070 g/mol. The van der Waals surface area contributed by atoms with Crippen molar-refractivity contribution in [1.82, 2.24) is 24.1 Å². The van der Waals surface area contributed by atoms with E-state index in [1.165, 1.54) is 0 Å². The molecular weight excluding hydrogens is 1030 g/mol. The van der Waals surface area contributed by atoms with Gasteiger partial charge < -0.3 is 18.0 Å². The monoisotopic (exact) mass is 1070 g/mol. The van der Waals surface area contributed by atoms with Crippen LogP contribution in [0.4, 0.5) is 5.69 Å². The van der Waals surface area contributed by atoms with Crippen LogP contribution in [-0.2, 0) is 0 Å². The zero-order valence-electron chi connectivity index (χ0n) is 44.9. The summed E-state index contributed by atoms with van der Waals surface area (Å²) in [5.74, 6) is 1.44. The lowest BCUT2D eigenvalue weighted by molar-refractivity contribution is 0.672. The molecule has 0 amide bonds. The van der Waals surface area contributed by atoms with Gasteiger partial charge in [-0.1, -0.05) is 200 Å². The maximum Gasteiger partial charge on any atom is 0.213 e. The molecule has 17 aromatic rings. The van der Waals surface area contributed by atoms with Gasteiger partial charge in [0.05, 0.1) is 50.8 Å². The maximum absolute atomic E-state index is 9.60. The fraction of sp³-hybridized carbons (Fsp3) is 0. The molecule has 0 aliphatic rings. The molecule has 8 nitrogen and oxygen atoms in total. The SMILES string of the molecule is [C-]#[N+]c1cc(-c2nc(-c3ccccc3)nc(-c3ccccc3)n2)c(-c2ccccc2)c(-n2c3ccc(-c4ccccc4)cc3c3c4oc5ccccc5c4ccc32)c1-n1c2ccc(-c3ccccc3)cc2c2c3oc4ccccc4c3ccc21. The van der Waals surface area contributed by atoms with Gasteiger partial charge in [-0.25, -0.2) is 19.8 Å². The third-order valence-corrected chi connectivity index (χ3v) is 16.6. The van der Waals surface area contributed by atoms with Gasteiger partial charge in [0.25, 0.3) is 0 Å². The van der Waals surface area contributed by atoms with E-state index >= 15 is 0 Å². The Hall–Kier alpha value is -11.7. The van der Waals surface area contributed by atoms with Gasteiger partial charge in [0.15, 0.2) is 17.5 Å². The zero-order chi connectivity index (χ0) is 55.4. The first-order valence-corrected chi connectivity index (χ1v) is 28.0. The van der Waals surface area contributed by atoms with Crippen LogP contribution in [0.25, 0.3) is 171 Å². The minimum absolute atomic E-state index is 0.388. The molecular formula is C76H44N6O2. The van der Waals surface area contributed by atoms with Gasteiger partial charge in [0.2, 0.25) is 5.69 Å². The molecule has 17 rings (SSSR count). The van der Waals surface area contributed by atoms with Crippen LogP contribution in [0, 0.1) is 6.57 Å². The normalized spacial score (nSPS) is 11.8. The summed E-state index contributed by atoms with van der Waals surface area (Å²) in [7, 11) is 0. The summed E-state index contributed by atoms with van der Waals surface area (Å²) in [6.45, 7) is 9.60. The number of nitrogens with zero attached hydrogens (tertiary/aromatic N) is 6. The van der Waals surface area contributed by atoms with Crippen molar-refractivity contribution in [2.75, 3.05) is 0 Å². The standard InChI is InChI=1S/C76H44N6O2/c1-77-60-45-59(76-79-74(49-27-13-5-14-28-49)78-75(80-76)50-29-15-6-16-30-50)67(48-25-11-4-12-26-48)71(82-62-40-36-52(47-23-9-3-10-24-47)44-58(62)69-64(82)42-38-56-54-32-18-20-34-66(54)84-73(56)69)70(60)81-61-39-35-51(46-21-7-2-8-22-46)43-57(61)68-63(81)41-37-55-53-31-17-19-33-65(53)83-72(55)68/h2-45H. The Morgan fingerprint density at radius 3 is 1.17 bits per heavy atom. The maximum atomic E-state index is 9.60. The van der Waals surface area contributed by atoms with E-state index in [1.807, 2.05) is 103 Å². The number of benzene rings is 12. The van der Waals surface area contributed by atoms with Gasteiger partial charge in [0, 0.05) is 54.6 Å². The molecule has 0 aliphatic heterocycles. The third kappa shape index (κ3) is 7.23.